The maximum absolute atomic E-state index is 12.5. The van der Waals surface area contributed by atoms with Crippen LogP contribution in [0, 0.1) is 5.82 Å². The van der Waals surface area contributed by atoms with Crippen LogP contribution >= 0.6 is 0 Å². The zero-order chi connectivity index (χ0) is 7.84. The van der Waals surface area contributed by atoms with Crippen molar-refractivity contribution in [2.75, 3.05) is 6.61 Å². The fourth-order valence-corrected chi connectivity index (χ4v) is 1.17. The molecule has 0 spiro atoms. The zero-order valence-corrected chi connectivity index (χ0v) is 5.75. The Morgan fingerprint density at radius 3 is 3.18 bits per heavy atom. The first-order chi connectivity index (χ1) is 5.27. The third kappa shape index (κ3) is 0.973. The normalized spacial score (nSPS) is 21.1. The van der Waals surface area contributed by atoms with E-state index in [1.165, 1.54) is 12.1 Å². The quantitative estimate of drug-likeness (QED) is 0.609. The molecule has 1 aliphatic rings. The van der Waals surface area contributed by atoms with Crippen LogP contribution in [0.5, 0.6) is 5.75 Å². The van der Waals surface area contributed by atoms with Crippen LogP contribution < -0.4 is 4.74 Å². The van der Waals surface area contributed by atoms with Gasteiger partial charge < -0.3 is 9.84 Å². The highest BCUT2D eigenvalue weighted by molar-refractivity contribution is 5.38. The maximum atomic E-state index is 12.5. The molecule has 0 aromatic heterocycles. The van der Waals surface area contributed by atoms with Crippen molar-refractivity contribution >= 4 is 0 Å². The van der Waals surface area contributed by atoms with Crippen molar-refractivity contribution in [2.24, 2.45) is 0 Å². The van der Waals surface area contributed by atoms with E-state index in [1.54, 1.807) is 6.07 Å². The molecule has 0 saturated carbocycles. The molecule has 0 radical (unpaired) electrons. The highest BCUT2D eigenvalue weighted by Crippen LogP contribution is 2.32. The van der Waals surface area contributed by atoms with Crippen LogP contribution in [0.25, 0.3) is 0 Å². The lowest BCUT2D eigenvalue weighted by atomic mass is 10.1. The summed E-state index contributed by atoms with van der Waals surface area (Å²) in [6, 6.07) is 4.14. The van der Waals surface area contributed by atoms with E-state index in [2.05, 4.69) is 0 Å². The molecular formula is C8H7FO2. The van der Waals surface area contributed by atoms with Crippen molar-refractivity contribution in [1.29, 1.82) is 0 Å². The van der Waals surface area contributed by atoms with Crippen molar-refractivity contribution in [3.05, 3.63) is 29.6 Å². The number of halogens is 1. The highest BCUT2D eigenvalue weighted by atomic mass is 19.1. The molecule has 1 atom stereocenters. The number of hydrogen-bond acceptors (Lipinski definition) is 2. The number of fused-ring (bicyclic) bond motifs is 1. The van der Waals surface area contributed by atoms with E-state index in [-0.39, 0.29) is 12.4 Å². The van der Waals surface area contributed by atoms with Gasteiger partial charge in [-0.1, -0.05) is 0 Å². The molecule has 0 saturated heterocycles. The van der Waals surface area contributed by atoms with Gasteiger partial charge in [-0.15, -0.1) is 0 Å². The molecule has 3 heteroatoms. The third-order valence-electron chi connectivity index (χ3n) is 1.73. The van der Waals surface area contributed by atoms with Crippen molar-refractivity contribution in [2.45, 2.75) is 6.10 Å². The number of hydrogen-bond donors (Lipinski definition) is 1. The zero-order valence-electron chi connectivity index (χ0n) is 5.75. The van der Waals surface area contributed by atoms with Crippen molar-refractivity contribution in [3.8, 4) is 5.75 Å². The van der Waals surface area contributed by atoms with E-state index >= 15 is 0 Å². The van der Waals surface area contributed by atoms with Crippen LogP contribution in [0.3, 0.4) is 0 Å². The van der Waals surface area contributed by atoms with Crippen LogP contribution in [0.1, 0.15) is 11.7 Å². The van der Waals surface area contributed by atoms with Crippen LogP contribution in [0.4, 0.5) is 4.39 Å². The minimum Gasteiger partial charge on any atom is -0.490 e. The Bertz CT molecular complexity index is 285. The first kappa shape index (κ1) is 6.61. The number of benzene rings is 1. The summed E-state index contributed by atoms with van der Waals surface area (Å²) in [5.74, 6) is 0.121. The summed E-state index contributed by atoms with van der Waals surface area (Å²) < 4.78 is 17.5. The predicted octanol–water partition coefficient (Wildman–Crippen LogP) is 1.25. The van der Waals surface area contributed by atoms with E-state index in [0.29, 0.717) is 11.3 Å². The van der Waals surface area contributed by atoms with E-state index in [0.717, 1.165) is 0 Å². The van der Waals surface area contributed by atoms with E-state index in [1.807, 2.05) is 0 Å². The Morgan fingerprint density at radius 2 is 2.36 bits per heavy atom. The fraction of sp³-hybridized carbons (Fsp3) is 0.250. The summed E-state index contributed by atoms with van der Waals surface area (Å²) in [5.41, 5.74) is 0.673. The molecule has 0 aliphatic carbocycles. The summed E-state index contributed by atoms with van der Waals surface area (Å²) in [6.45, 7) is 0.235. The summed E-state index contributed by atoms with van der Waals surface area (Å²) in [6.07, 6.45) is -0.592. The van der Waals surface area contributed by atoms with Gasteiger partial charge in [0.15, 0.2) is 0 Å². The molecule has 1 aromatic rings. The van der Waals surface area contributed by atoms with Crippen LogP contribution in [0.15, 0.2) is 18.2 Å². The van der Waals surface area contributed by atoms with E-state index in [4.69, 9.17) is 4.74 Å². The summed E-state index contributed by atoms with van der Waals surface area (Å²) in [4.78, 5) is 0. The molecule has 0 amide bonds. The molecule has 1 aromatic carbocycles. The van der Waals surface area contributed by atoms with Gasteiger partial charge in [0, 0.05) is 11.6 Å². The summed E-state index contributed by atoms with van der Waals surface area (Å²) >= 11 is 0. The number of aliphatic hydroxyl groups excluding tert-OH is 1. The lowest BCUT2D eigenvalue weighted by Crippen LogP contribution is -1.97. The Morgan fingerprint density at radius 1 is 1.55 bits per heavy atom. The molecule has 58 valence electrons. The van der Waals surface area contributed by atoms with Crippen molar-refractivity contribution in [3.63, 3.8) is 0 Å². The second-order valence-corrected chi connectivity index (χ2v) is 2.51. The average Bonchev–Trinajstić information content (AvgIpc) is 2.32. The van der Waals surface area contributed by atoms with Crippen molar-refractivity contribution < 1.29 is 14.2 Å². The molecule has 0 unspecified atom stereocenters. The lowest BCUT2D eigenvalue weighted by molar-refractivity contribution is 0.140. The Balaban J connectivity index is 2.50. The van der Waals surface area contributed by atoms with Gasteiger partial charge in [0.05, 0.1) is 0 Å². The Labute approximate surface area is 63.2 Å². The number of ether oxygens (including phenoxy) is 1. The minimum atomic E-state index is -0.592. The molecule has 0 bridgehead atoms. The van der Waals surface area contributed by atoms with E-state index < -0.39 is 6.10 Å². The molecule has 2 nitrogen and oxygen atoms in total. The van der Waals surface area contributed by atoms with Crippen molar-refractivity contribution in [1.82, 2.24) is 0 Å². The van der Waals surface area contributed by atoms with Crippen LogP contribution in [-0.2, 0) is 0 Å². The van der Waals surface area contributed by atoms with Gasteiger partial charge in [-0.05, 0) is 12.1 Å². The lowest BCUT2D eigenvalue weighted by Gasteiger charge is -1.97. The number of rotatable bonds is 0. The minimum absolute atomic E-state index is 0.235. The topological polar surface area (TPSA) is 29.5 Å². The Hall–Kier alpha value is -1.09. The van der Waals surface area contributed by atoms with Crippen LogP contribution in [-0.4, -0.2) is 11.7 Å². The smallest absolute Gasteiger partial charge is 0.128 e. The molecular weight excluding hydrogens is 147 g/mol. The molecule has 0 fully saturated rings. The van der Waals surface area contributed by atoms with Crippen LogP contribution in [0.2, 0.25) is 0 Å². The second-order valence-electron chi connectivity index (χ2n) is 2.51. The molecule has 1 heterocycles. The summed E-state index contributed by atoms with van der Waals surface area (Å²) in [7, 11) is 0. The van der Waals surface area contributed by atoms with Gasteiger partial charge in [0.1, 0.15) is 24.3 Å². The number of aliphatic hydroxyl groups is 1. The molecule has 2 rings (SSSR count). The van der Waals surface area contributed by atoms with Gasteiger partial charge in [0.2, 0.25) is 0 Å². The standard InChI is InChI=1S/C8H7FO2/c9-5-1-2-6-7(10)4-11-8(6)3-5/h1-3,7,10H,4H2/t7-/m0/s1. The fourth-order valence-electron chi connectivity index (χ4n) is 1.17. The second kappa shape index (κ2) is 2.20. The van der Waals surface area contributed by atoms with Gasteiger partial charge >= 0.3 is 0 Å². The first-order valence-corrected chi connectivity index (χ1v) is 3.37. The molecule has 1 N–H and O–H groups in total. The van der Waals surface area contributed by atoms with Gasteiger partial charge in [-0.25, -0.2) is 4.39 Å². The van der Waals surface area contributed by atoms with Gasteiger partial charge in [-0.3, -0.25) is 0 Å². The maximum Gasteiger partial charge on any atom is 0.128 e. The summed E-state index contributed by atoms with van der Waals surface area (Å²) in [5, 5.41) is 9.22. The van der Waals surface area contributed by atoms with E-state index in [9.17, 15) is 9.50 Å². The SMILES string of the molecule is O[C@H]1COc2cc(F)ccc21. The largest absolute Gasteiger partial charge is 0.490 e. The Kier molecular flexibility index (Phi) is 1.32. The third-order valence-corrected chi connectivity index (χ3v) is 1.73. The van der Waals surface area contributed by atoms with Gasteiger partial charge in [0.25, 0.3) is 0 Å². The first-order valence-electron chi connectivity index (χ1n) is 3.37. The average molecular weight is 154 g/mol. The predicted molar refractivity (Wildman–Crippen MR) is 36.9 cm³/mol. The molecule has 11 heavy (non-hydrogen) atoms. The highest BCUT2D eigenvalue weighted by Gasteiger charge is 2.21. The molecule has 1 aliphatic heterocycles. The monoisotopic (exact) mass is 154 g/mol. The van der Waals surface area contributed by atoms with Gasteiger partial charge in [-0.2, -0.15) is 0 Å².